The number of nitrogens with zero attached hydrogens (tertiary/aromatic N) is 7. The van der Waals surface area contributed by atoms with Crippen molar-refractivity contribution in [3.05, 3.63) is 115 Å². The van der Waals surface area contributed by atoms with Gasteiger partial charge in [-0.25, -0.2) is 24.9 Å². The Bertz CT molecular complexity index is 2120. The highest BCUT2D eigenvalue weighted by Crippen LogP contribution is 2.34. The Morgan fingerprint density at radius 3 is 1.73 bits per heavy atom. The van der Waals surface area contributed by atoms with Gasteiger partial charge in [-0.2, -0.15) is 10.5 Å². The van der Waals surface area contributed by atoms with E-state index in [4.69, 9.17) is 19.4 Å². The lowest BCUT2D eigenvalue weighted by Gasteiger charge is -2.09. The van der Waals surface area contributed by atoms with Crippen molar-refractivity contribution in [2.45, 2.75) is 0 Å². The quantitative estimate of drug-likeness (QED) is 0.240. The summed E-state index contributed by atoms with van der Waals surface area (Å²) in [5, 5.41) is 19.6. The fourth-order valence-corrected chi connectivity index (χ4v) is 4.72. The third kappa shape index (κ3) is 4.32. The zero-order valence-electron chi connectivity index (χ0n) is 21.4. The van der Waals surface area contributed by atoms with Crippen molar-refractivity contribution in [1.29, 1.82) is 10.5 Å². The van der Waals surface area contributed by atoms with Crippen molar-refractivity contribution < 1.29 is 4.42 Å². The SMILES string of the molecule is N#Cc1nc(C#N)c2oc3ccc(-c4cccc(-c5nc(-c6ccccc6)nc(-c6ccccc6)n5)c4)cc3c2n1. The summed E-state index contributed by atoms with van der Waals surface area (Å²) in [6, 6.07) is 37.3. The van der Waals surface area contributed by atoms with Gasteiger partial charge in [0.15, 0.2) is 28.8 Å². The van der Waals surface area contributed by atoms with Gasteiger partial charge in [0.05, 0.1) is 0 Å². The van der Waals surface area contributed by atoms with Crippen LogP contribution >= 0.6 is 0 Å². The molecule has 41 heavy (non-hydrogen) atoms. The summed E-state index contributed by atoms with van der Waals surface area (Å²) < 4.78 is 5.88. The van der Waals surface area contributed by atoms with Crippen LogP contribution in [0.25, 0.3) is 67.4 Å². The van der Waals surface area contributed by atoms with E-state index >= 15 is 0 Å². The first-order chi connectivity index (χ1) is 20.2. The molecule has 8 heteroatoms. The van der Waals surface area contributed by atoms with E-state index in [2.05, 4.69) is 9.97 Å². The largest absolute Gasteiger partial charge is 0.451 e. The van der Waals surface area contributed by atoms with Crippen LogP contribution in [0, 0.1) is 22.7 Å². The average Bonchev–Trinajstić information content (AvgIpc) is 3.43. The second kappa shape index (κ2) is 9.81. The third-order valence-electron chi connectivity index (χ3n) is 6.67. The number of rotatable bonds is 4. The Labute approximate surface area is 233 Å². The molecule has 0 radical (unpaired) electrons. The van der Waals surface area contributed by atoms with Gasteiger partial charge >= 0.3 is 0 Å². The second-order valence-corrected chi connectivity index (χ2v) is 9.23. The standard InChI is InChI=1S/C33H17N7O/c34-18-26-30-29(37-28(19-35)36-26)25-17-23(14-15-27(25)41-30)22-12-7-13-24(16-22)33-39-31(20-8-3-1-4-9-20)38-32(40-33)21-10-5-2-6-11-21/h1-17H. The van der Waals surface area contributed by atoms with Gasteiger partial charge in [-0.1, -0.05) is 84.9 Å². The first kappa shape index (κ1) is 23.8. The number of furan rings is 1. The molecule has 4 aromatic carbocycles. The Hall–Kier alpha value is -6.25. The lowest BCUT2D eigenvalue weighted by atomic mass is 10.0. The maximum absolute atomic E-state index is 9.51. The van der Waals surface area contributed by atoms with Crippen molar-refractivity contribution in [1.82, 2.24) is 24.9 Å². The molecule has 0 aliphatic rings. The van der Waals surface area contributed by atoms with Crippen molar-refractivity contribution >= 4 is 22.1 Å². The summed E-state index contributed by atoms with van der Waals surface area (Å²) in [5.74, 6) is 1.65. The van der Waals surface area contributed by atoms with Crippen LogP contribution in [0.2, 0.25) is 0 Å². The van der Waals surface area contributed by atoms with E-state index in [1.54, 1.807) is 0 Å². The van der Waals surface area contributed by atoms with Gasteiger partial charge in [0, 0.05) is 22.1 Å². The van der Waals surface area contributed by atoms with Gasteiger partial charge in [0.2, 0.25) is 5.82 Å². The molecule has 0 aliphatic heterocycles. The van der Waals surface area contributed by atoms with Gasteiger partial charge in [0.1, 0.15) is 23.2 Å². The molecule has 0 spiro atoms. The molecule has 0 bridgehead atoms. The predicted octanol–water partition coefficient (Wildman–Crippen LogP) is 6.97. The molecule has 7 aromatic rings. The van der Waals surface area contributed by atoms with Crippen LogP contribution in [0.15, 0.2) is 108 Å². The van der Waals surface area contributed by atoms with Crippen LogP contribution in [0.5, 0.6) is 0 Å². The fraction of sp³-hybridized carbons (Fsp3) is 0. The lowest BCUT2D eigenvalue weighted by Crippen LogP contribution is -2.00. The van der Waals surface area contributed by atoms with E-state index in [1.165, 1.54) is 0 Å². The molecule has 0 atom stereocenters. The highest BCUT2D eigenvalue weighted by molar-refractivity contribution is 6.05. The Balaban J connectivity index is 1.37. The molecular formula is C33H17N7O. The van der Waals surface area contributed by atoms with Crippen molar-refractivity contribution in [3.63, 3.8) is 0 Å². The minimum atomic E-state index is -0.0811. The molecule has 0 unspecified atom stereocenters. The molecule has 0 amide bonds. The van der Waals surface area contributed by atoms with Crippen molar-refractivity contribution in [3.8, 4) is 57.4 Å². The van der Waals surface area contributed by atoms with Crippen molar-refractivity contribution in [2.75, 3.05) is 0 Å². The van der Waals surface area contributed by atoms with E-state index in [0.717, 1.165) is 27.8 Å². The van der Waals surface area contributed by atoms with E-state index < -0.39 is 0 Å². The fourth-order valence-electron chi connectivity index (χ4n) is 4.72. The smallest absolute Gasteiger partial charge is 0.234 e. The Kier molecular flexibility index (Phi) is 5.70. The molecule has 7 rings (SSSR count). The minimum absolute atomic E-state index is 0.0320. The number of hydrogen-bond donors (Lipinski definition) is 0. The summed E-state index contributed by atoms with van der Waals surface area (Å²) in [6.45, 7) is 0. The number of benzene rings is 4. The maximum atomic E-state index is 9.51. The average molecular weight is 528 g/mol. The molecule has 0 fully saturated rings. The monoisotopic (exact) mass is 527 g/mol. The normalized spacial score (nSPS) is 10.9. The van der Waals surface area contributed by atoms with Crippen LogP contribution in [-0.2, 0) is 0 Å². The van der Waals surface area contributed by atoms with E-state index in [9.17, 15) is 10.5 Å². The first-order valence-electron chi connectivity index (χ1n) is 12.7. The number of aromatic nitrogens is 5. The van der Waals surface area contributed by atoms with Crippen LogP contribution in [0.4, 0.5) is 0 Å². The third-order valence-corrected chi connectivity index (χ3v) is 6.67. The van der Waals surface area contributed by atoms with Crippen LogP contribution in [0.1, 0.15) is 11.5 Å². The molecule has 3 aromatic heterocycles. The van der Waals surface area contributed by atoms with E-state index in [1.807, 2.05) is 115 Å². The zero-order chi connectivity index (χ0) is 27.8. The Morgan fingerprint density at radius 2 is 1.10 bits per heavy atom. The zero-order valence-corrected chi connectivity index (χ0v) is 21.4. The molecular weight excluding hydrogens is 510 g/mol. The molecule has 0 saturated heterocycles. The molecule has 190 valence electrons. The molecule has 0 saturated carbocycles. The lowest BCUT2D eigenvalue weighted by molar-refractivity contribution is 0.663. The maximum Gasteiger partial charge on any atom is 0.234 e. The summed E-state index contributed by atoms with van der Waals surface area (Å²) in [6.07, 6.45) is 0. The van der Waals surface area contributed by atoms with Crippen LogP contribution in [-0.4, -0.2) is 24.9 Å². The number of nitriles is 2. The molecule has 0 aliphatic carbocycles. The second-order valence-electron chi connectivity index (χ2n) is 9.23. The highest BCUT2D eigenvalue weighted by atomic mass is 16.3. The number of fused-ring (bicyclic) bond motifs is 3. The molecule has 8 nitrogen and oxygen atoms in total. The van der Waals surface area contributed by atoms with Gasteiger partial charge in [-0.15, -0.1) is 0 Å². The van der Waals surface area contributed by atoms with Gasteiger partial charge < -0.3 is 4.42 Å². The van der Waals surface area contributed by atoms with Gasteiger partial charge in [-0.3, -0.25) is 0 Å². The van der Waals surface area contributed by atoms with Gasteiger partial charge in [-0.05, 0) is 29.3 Å². The highest BCUT2D eigenvalue weighted by Gasteiger charge is 2.17. The summed E-state index contributed by atoms with van der Waals surface area (Å²) in [4.78, 5) is 22.7. The summed E-state index contributed by atoms with van der Waals surface area (Å²) in [5.41, 5.74) is 5.74. The summed E-state index contributed by atoms with van der Waals surface area (Å²) >= 11 is 0. The van der Waals surface area contributed by atoms with Gasteiger partial charge in [0.25, 0.3) is 0 Å². The Morgan fingerprint density at radius 1 is 0.512 bits per heavy atom. The number of hydrogen-bond acceptors (Lipinski definition) is 8. The summed E-state index contributed by atoms with van der Waals surface area (Å²) in [7, 11) is 0. The predicted molar refractivity (Wildman–Crippen MR) is 154 cm³/mol. The topological polar surface area (TPSA) is 125 Å². The van der Waals surface area contributed by atoms with Crippen LogP contribution < -0.4 is 0 Å². The van der Waals surface area contributed by atoms with E-state index in [0.29, 0.717) is 34.0 Å². The molecule has 3 heterocycles. The molecule has 0 N–H and O–H groups in total. The first-order valence-corrected chi connectivity index (χ1v) is 12.7. The minimum Gasteiger partial charge on any atom is -0.451 e. The van der Waals surface area contributed by atoms with E-state index in [-0.39, 0.29) is 17.1 Å². The van der Waals surface area contributed by atoms with Crippen molar-refractivity contribution in [2.24, 2.45) is 0 Å². The van der Waals surface area contributed by atoms with Crippen LogP contribution in [0.3, 0.4) is 0 Å².